The molecule has 1 aromatic carbocycles. The average molecular weight is 183 g/mol. The number of aromatic hydroxyl groups is 1. The van der Waals surface area contributed by atoms with Crippen molar-refractivity contribution >= 4 is 12.6 Å². The Morgan fingerprint density at radius 2 is 2.08 bits per heavy atom. The Hall–Kier alpha value is -0.670. The molecule has 0 saturated carbocycles. The second-order valence-electron chi connectivity index (χ2n) is 3.06. The highest BCUT2D eigenvalue weighted by molar-refractivity contribution is 7.80. The molecule has 0 heterocycles. The van der Waals surface area contributed by atoms with Crippen LogP contribution in [0.3, 0.4) is 0 Å². The maximum atomic E-state index is 9.32. The van der Waals surface area contributed by atoms with Gasteiger partial charge in [0.2, 0.25) is 0 Å². The number of rotatable bonds is 2. The van der Waals surface area contributed by atoms with E-state index < -0.39 is 0 Å². The smallest absolute Gasteiger partial charge is 0.129 e. The summed E-state index contributed by atoms with van der Waals surface area (Å²) in [5.74, 6) is 0.248. The summed E-state index contributed by atoms with van der Waals surface area (Å²) in [6.45, 7) is 0.835. The molecule has 0 amide bonds. The van der Waals surface area contributed by atoms with Gasteiger partial charge in [0, 0.05) is 11.4 Å². The molecule has 66 valence electrons. The van der Waals surface area contributed by atoms with E-state index in [9.17, 15) is 5.11 Å². The zero-order chi connectivity index (χ0) is 9.14. The number of phenols is 1. The molecule has 1 rings (SSSR count). The molecular formula is C9H13NOS. The van der Waals surface area contributed by atoms with Crippen LogP contribution in [0, 0.1) is 0 Å². The minimum atomic E-state index is 0.248. The van der Waals surface area contributed by atoms with Crippen LogP contribution in [0.25, 0.3) is 0 Å². The first-order valence-corrected chi connectivity index (χ1v) is 4.20. The van der Waals surface area contributed by atoms with Crippen LogP contribution in [0.1, 0.15) is 5.56 Å². The third-order valence-electron chi connectivity index (χ3n) is 1.54. The Labute approximate surface area is 78.2 Å². The third-order valence-corrected chi connectivity index (χ3v) is 1.92. The van der Waals surface area contributed by atoms with Gasteiger partial charge in [0.15, 0.2) is 0 Å². The highest BCUT2D eigenvalue weighted by Crippen LogP contribution is 2.22. The molecule has 0 atom stereocenters. The molecule has 0 saturated heterocycles. The lowest BCUT2D eigenvalue weighted by molar-refractivity contribution is 0.399. The van der Waals surface area contributed by atoms with Crippen LogP contribution >= 0.6 is 12.6 Å². The lowest BCUT2D eigenvalue weighted by Gasteiger charge is -2.09. The summed E-state index contributed by atoms with van der Waals surface area (Å²) in [4.78, 5) is 2.67. The molecule has 0 aliphatic heterocycles. The van der Waals surface area contributed by atoms with Gasteiger partial charge in [-0.1, -0.05) is 6.07 Å². The first-order valence-electron chi connectivity index (χ1n) is 3.75. The molecule has 0 bridgehead atoms. The van der Waals surface area contributed by atoms with Crippen molar-refractivity contribution in [2.75, 3.05) is 14.1 Å². The lowest BCUT2D eigenvalue weighted by Crippen LogP contribution is -2.10. The monoisotopic (exact) mass is 183 g/mol. The Balaban J connectivity index is 2.82. The van der Waals surface area contributed by atoms with E-state index in [1.165, 1.54) is 0 Å². The number of benzene rings is 1. The first-order chi connectivity index (χ1) is 5.59. The van der Waals surface area contributed by atoms with E-state index in [2.05, 4.69) is 12.6 Å². The molecule has 0 spiro atoms. The number of hydrogen-bond acceptors (Lipinski definition) is 3. The van der Waals surface area contributed by atoms with Gasteiger partial charge in [-0.05, 0) is 31.8 Å². The minimum Gasteiger partial charge on any atom is -0.507 e. The molecule has 1 N–H and O–H groups in total. The summed E-state index contributed by atoms with van der Waals surface area (Å²) < 4.78 is 0. The second-order valence-corrected chi connectivity index (χ2v) is 3.54. The van der Waals surface area contributed by atoms with Crippen LogP contribution in [-0.2, 0) is 6.54 Å². The summed E-state index contributed by atoms with van der Waals surface area (Å²) in [7, 11) is 3.98. The second kappa shape index (κ2) is 3.83. The third kappa shape index (κ3) is 2.43. The number of thiol groups is 1. The molecule has 0 radical (unpaired) electrons. The van der Waals surface area contributed by atoms with Gasteiger partial charge in [-0.25, -0.2) is 0 Å². The van der Waals surface area contributed by atoms with Crippen LogP contribution in [0.4, 0.5) is 0 Å². The molecule has 12 heavy (non-hydrogen) atoms. The van der Waals surface area contributed by atoms with Gasteiger partial charge >= 0.3 is 0 Å². The quantitative estimate of drug-likeness (QED) is 0.682. The zero-order valence-corrected chi connectivity index (χ0v) is 8.18. The fraction of sp³-hybridized carbons (Fsp3) is 0.333. The number of phenolic OH excluding ortho intramolecular Hbond substituents is 1. The van der Waals surface area contributed by atoms with Crippen molar-refractivity contribution in [2.24, 2.45) is 0 Å². The van der Waals surface area contributed by atoms with Crippen LogP contribution in [0.5, 0.6) is 5.75 Å². The van der Waals surface area contributed by atoms with E-state index in [1.54, 1.807) is 12.1 Å². The largest absolute Gasteiger partial charge is 0.507 e. The van der Waals surface area contributed by atoms with E-state index in [4.69, 9.17) is 0 Å². The number of hydrogen-bond donors (Lipinski definition) is 2. The van der Waals surface area contributed by atoms with Crippen LogP contribution in [-0.4, -0.2) is 24.1 Å². The Bertz CT molecular complexity index is 273. The van der Waals surface area contributed by atoms with Crippen LogP contribution < -0.4 is 0 Å². The fourth-order valence-corrected chi connectivity index (χ4v) is 1.17. The van der Waals surface area contributed by atoms with Gasteiger partial charge in [-0.15, -0.1) is 12.6 Å². The van der Waals surface area contributed by atoms with Crippen molar-refractivity contribution < 1.29 is 5.11 Å². The van der Waals surface area contributed by atoms with Crippen LogP contribution in [0.2, 0.25) is 0 Å². The molecule has 2 nitrogen and oxygen atoms in total. The van der Waals surface area contributed by atoms with Gasteiger partial charge in [-0.3, -0.25) is 0 Å². The Morgan fingerprint density at radius 3 is 2.58 bits per heavy atom. The zero-order valence-electron chi connectivity index (χ0n) is 7.28. The summed E-state index contributed by atoms with van der Waals surface area (Å²) in [6.07, 6.45) is 0. The van der Waals surface area contributed by atoms with Crippen molar-refractivity contribution in [1.82, 2.24) is 4.90 Å². The first kappa shape index (κ1) is 9.42. The van der Waals surface area contributed by atoms with E-state index in [1.807, 2.05) is 25.1 Å². The molecular weight excluding hydrogens is 170 g/mol. The molecule has 0 aromatic heterocycles. The van der Waals surface area contributed by atoms with Crippen molar-refractivity contribution in [3.05, 3.63) is 23.8 Å². The standard InChI is InChI=1S/C9H13NOS/c1-10(2)6-7-3-4-9(12)8(11)5-7/h3-5,11-12H,6H2,1-2H3. The van der Waals surface area contributed by atoms with E-state index in [-0.39, 0.29) is 5.75 Å². The predicted molar refractivity (Wildman–Crippen MR) is 52.7 cm³/mol. The van der Waals surface area contributed by atoms with E-state index in [0.29, 0.717) is 4.90 Å². The summed E-state index contributed by atoms with van der Waals surface area (Å²) in [5, 5.41) is 9.32. The van der Waals surface area contributed by atoms with Gasteiger partial charge < -0.3 is 10.0 Å². The van der Waals surface area contributed by atoms with Gasteiger partial charge in [0.05, 0.1) is 0 Å². The van der Waals surface area contributed by atoms with Gasteiger partial charge in [0.25, 0.3) is 0 Å². The summed E-state index contributed by atoms with van der Waals surface area (Å²) in [5.41, 5.74) is 1.09. The summed E-state index contributed by atoms with van der Waals surface area (Å²) >= 11 is 4.07. The minimum absolute atomic E-state index is 0.248. The maximum absolute atomic E-state index is 9.32. The van der Waals surface area contributed by atoms with Gasteiger partial charge in [-0.2, -0.15) is 0 Å². The van der Waals surface area contributed by atoms with Crippen molar-refractivity contribution in [2.45, 2.75) is 11.4 Å². The molecule has 0 aliphatic carbocycles. The highest BCUT2D eigenvalue weighted by atomic mass is 32.1. The van der Waals surface area contributed by atoms with Crippen molar-refractivity contribution in [3.8, 4) is 5.75 Å². The van der Waals surface area contributed by atoms with Crippen molar-refractivity contribution in [1.29, 1.82) is 0 Å². The van der Waals surface area contributed by atoms with Crippen LogP contribution in [0.15, 0.2) is 23.1 Å². The normalized spacial score (nSPS) is 10.7. The SMILES string of the molecule is CN(C)Cc1ccc(S)c(O)c1. The maximum Gasteiger partial charge on any atom is 0.129 e. The fourth-order valence-electron chi connectivity index (χ4n) is 1.03. The van der Waals surface area contributed by atoms with Gasteiger partial charge in [0.1, 0.15) is 5.75 Å². The molecule has 1 aromatic rings. The molecule has 0 fully saturated rings. The Kier molecular flexibility index (Phi) is 3.00. The highest BCUT2D eigenvalue weighted by Gasteiger charge is 1.99. The molecule has 0 unspecified atom stereocenters. The van der Waals surface area contributed by atoms with Crippen molar-refractivity contribution in [3.63, 3.8) is 0 Å². The van der Waals surface area contributed by atoms with E-state index in [0.717, 1.165) is 12.1 Å². The lowest BCUT2D eigenvalue weighted by atomic mass is 10.2. The topological polar surface area (TPSA) is 23.5 Å². The predicted octanol–water partition coefficient (Wildman–Crippen LogP) is 1.74. The average Bonchev–Trinajstić information content (AvgIpc) is 1.96. The Morgan fingerprint density at radius 1 is 1.42 bits per heavy atom. The van der Waals surface area contributed by atoms with E-state index >= 15 is 0 Å². The molecule has 0 aliphatic rings. The number of nitrogens with zero attached hydrogens (tertiary/aromatic N) is 1. The summed E-state index contributed by atoms with van der Waals surface area (Å²) in [6, 6.07) is 5.50. The molecule has 3 heteroatoms.